The number of rotatable bonds is 2. The van der Waals surface area contributed by atoms with E-state index in [1.165, 1.54) is 23.4 Å². The van der Waals surface area contributed by atoms with Crippen molar-refractivity contribution in [3.05, 3.63) is 41.7 Å². The topological polar surface area (TPSA) is 50.9 Å². The van der Waals surface area contributed by atoms with E-state index < -0.39 is 6.10 Å². The maximum atomic E-state index is 13.4. The van der Waals surface area contributed by atoms with E-state index in [9.17, 15) is 9.50 Å². The molecule has 0 aliphatic heterocycles. The molecule has 4 nitrogen and oxygen atoms in total. The van der Waals surface area contributed by atoms with Crippen LogP contribution in [0.2, 0.25) is 0 Å². The second kappa shape index (κ2) is 4.02. The molecule has 84 valence electrons. The van der Waals surface area contributed by atoms with Gasteiger partial charge in [0.15, 0.2) is 0 Å². The molecule has 0 amide bonds. The number of aryl methyl sites for hydroxylation is 1. The zero-order chi connectivity index (χ0) is 11.7. The number of aliphatic hydroxyl groups excluding tert-OH is 1. The first kappa shape index (κ1) is 10.8. The second-order valence-electron chi connectivity index (χ2n) is 3.68. The number of halogens is 1. The highest BCUT2D eigenvalue weighted by Crippen LogP contribution is 2.24. The lowest BCUT2D eigenvalue weighted by Gasteiger charge is -2.13. The van der Waals surface area contributed by atoms with Crippen molar-refractivity contribution in [2.45, 2.75) is 20.0 Å². The number of aliphatic hydroxyl groups is 1. The minimum atomic E-state index is -0.755. The lowest BCUT2D eigenvalue weighted by molar-refractivity contribution is 0.198. The molecule has 1 heterocycles. The summed E-state index contributed by atoms with van der Waals surface area (Å²) in [7, 11) is 0. The normalized spacial score (nSPS) is 12.8. The van der Waals surface area contributed by atoms with Crippen LogP contribution in [0.4, 0.5) is 4.39 Å². The van der Waals surface area contributed by atoms with E-state index in [0.29, 0.717) is 16.8 Å². The minimum Gasteiger partial charge on any atom is -0.389 e. The highest BCUT2D eigenvalue weighted by atomic mass is 19.1. The molecule has 0 saturated carbocycles. The van der Waals surface area contributed by atoms with Crippen LogP contribution in [0.15, 0.2) is 24.8 Å². The first-order chi connectivity index (χ1) is 7.59. The van der Waals surface area contributed by atoms with Crippen LogP contribution in [0.25, 0.3) is 5.69 Å². The molecule has 5 heteroatoms. The number of aromatic nitrogens is 3. The summed E-state index contributed by atoms with van der Waals surface area (Å²) in [6, 6.07) is 2.98. The standard InChI is InChI=1S/C11H12FN3O/c1-7-3-11(15-6-13-5-14-15)9(8(2)16)4-10(7)12/h3-6,8,16H,1-2H3/t8-/m0/s1. The van der Waals surface area contributed by atoms with Crippen molar-refractivity contribution in [3.63, 3.8) is 0 Å². The van der Waals surface area contributed by atoms with E-state index >= 15 is 0 Å². The zero-order valence-electron chi connectivity index (χ0n) is 9.05. The van der Waals surface area contributed by atoms with Crippen molar-refractivity contribution in [1.29, 1.82) is 0 Å². The van der Waals surface area contributed by atoms with Crippen LogP contribution in [0.3, 0.4) is 0 Å². The Morgan fingerprint density at radius 1 is 1.44 bits per heavy atom. The van der Waals surface area contributed by atoms with Crippen molar-refractivity contribution >= 4 is 0 Å². The summed E-state index contributed by atoms with van der Waals surface area (Å²) in [5.74, 6) is -0.334. The minimum absolute atomic E-state index is 0.334. The van der Waals surface area contributed by atoms with E-state index in [2.05, 4.69) is 10.1 Å². The molecule has 16 heavy (non-hydrogen) atoms. The Balaban J connectivity index is 2.63. The highest BCUT2D eigenvalue weighted by Gasteiger charge is 2.13. The third-order valence-electron chi connectivity index (χ3n) is 2.42. The van der Waals surface area contributed by atoms with Gasteiger partial charge >= 0.3 is 0 Å². The zero-order valence-corrected chi connectivity index (χ0v) is 9.05. The third-order valence-corrected chi connectivity index (χ3v) is 2.42. The van der Waals surface area contributed by atoms with Crippen molar-refractivity contribution in [2.75, 3.05) is 0 Å². The average Bonchev–Trinajstić information content (AvgIpc) is 2.74. The van der Waals surface area contributed by atoms with Crippen molar-refractivity contribution in [2.24, 2.45) is 0 Å². The molecule has 1 atom stereocenters. The van der Waals surface area contributed by atoms with E-state index in [0.717, 1.165) is 0 Å². The van der Waals surface area contributed by atoms with Gasteiger partial charge in [-0.1, -0.05) is 0 Å². The van der Waals surface area contributed by atoms with E-state index in [-0.39, 0.29) is 5.82 Å². The summed E-state index contributed by atoms with van der Waals surface area (Å²) >= 11 is 0. The Morgan fingerprint density at radius 2 is 2.19 bits per heavy atom. The molecule has 0 saturated heterocycles. The van der Waals surface area contributed by atoms with Crippen LogP contribution in [0, 0.1) is 12.7 Å². The maximum absolute atomic E-state index is 13.4. The SMILES string of the molecule is Cc1cc(-n2cncn2)c([C@H](C)O)cc1F. The van der Waals surface area contributed by atoms with Crippen LogP contribution in [0.1, 0.15) is 24.2 Å². The fourth-order valence-corrected chi connectivity index (χ4v) is 1.55. The molecule has 2 rings (SSSR count). The summed E-state index contributed by atoms with van der Waals surface area (Å²) in [6.07, 6.45) is 2.15. The Hall–Kier alpha value is -1.75. The van der Waals surface area contributed by atoms with Crippen molar-refractivity contribution in [3.8, 4) is 5.69 Å². The second-order valence-corrected chi connectivity index (χ2v) is 3.68. The van der Waals surface area contributed by atoms with Gasteiger partial charge in [0.05, 0.1) is 11.8 Å². The molecule has 2 aromatic rings. The number of benzene rings is 1. The van der Waals surface area contributed by atoms with E-state index in [1.54, 1.807) is 19.9 Å². The van der Waals surface area contributed by atoms with Gasteiger partial charge in [0.2, 0.25) is 0 Å². The molecule has 1 aromatic carbocycles. The van der Waals surface area contributed by atoms with Gasteiger partial charge in [-0.05, 0) is 31.5 Å². The lowest BCUT2D eigenvalue weighted by Crippen LogP contribution is -2.05. The van der Waals surface area contributed by atoms with Gasteiger partial charge < -0.3 is 5.11 Å². The molecular weight excluding hydrogens is 209 g/mol. The van der Waals surface area contributed by atoms with Crippen LogP contribution in [0.5, 0.6) is 0 Å². The highest BCUT2D eigenvalue weighted by molar-refractivity contribution is 5.44. The molecule has 0 unspecified atom stereocenters. The lowest BCUT2D eigenvalue weighted by atomic mass is 10.1. The molecule has 0 spiro atoms. The molecule has 0 radical (unpaired) electrons. The summed E-state index contributed by atoms with van der Waals surface area (Å²) in [5.41, 5.74) is 1.65. The first-order valence-electron chi connectivity index (χ1n) is 4.92. The Kier molecular flexibility index (Phi) is 2.70. The van der Waals surface area contributed by atoms with Crippen LogP contribution in [-0.2, 0) is 0 Å². The summed E-state index contributed by atoms with van der Waals surface area (Å²) in [5, 5.41) is 13.6. The number of hydrogen-bond donors (Lipinski definition) is 1. The molecule has 1 aromatic heterocycles. The fourth-order valence-electron chi connectivity index (χ4n) is 1.55. The quantitative estimate of drug-likeness (QED) is 0.840. The molecule has 1 N–H and O–H groups in total. The van der Waals surface area contributed by atoms with E-state index in [4.69, 9.17) is 0 Å². The summed E-state index contributed by atoms with van der Waals surface area (Å²) < 4.78 is 14.9. The smallest absolute Gasteiger partial charge is 0.138 e. The molecule has 0 aliphatic carbocycles. The summed E-state index contributed by atoms with van der Waals surface area (Å²) in [4.78, 5) is 3.83. The molecule has 0 aliphatic rings. The monoisotopic (exact) mass is 221 g/mol. The average molecular weight is 221 g/mol. The van der Waals surface area contributed by atoms with Crippen molar-refractivity contribution in [1.82, 2.24) is 14.8 Å². The predicted octanol–water partition coefficient (Wildman–Crippen LogP) is 1.77. The van der Waals surface area contributed by atoms with Gasteiger partial charge in [-0.25, -0.2) is 14.1 Å². The Bertz CT molecular complexity index is 494. The number of nitrogens with zero attached hydrogens (tertiary/aromatic N) is 3. The maximum Gasteiger partial charge on any atom is 0.138 e. The number of hydrogen-bond acceptors (Lipinski definition) is 3. The van der Waals surface area contributed by atoms with Gasteiger partial charge in [-0.15, -0.1) is 0 Å². The molecule has 0 bridgehead atoms. The van der Waals surface area contributed by atoms with Gasteiger partial charge in [0.1, 0.15) is 18.5 Å². The molecule has 0 fully saturated rings. The fraction of sp³-hybridized carbons (Fsp3) is 0.273. The summed E-state index contributed by atoms with van der Waals surface area (Å²) in [6.45, 7) is 3.26. The molecular formula is C11H12FN3O. The van der Waals surface area contributed by atoms with Crippen LogP contribution in [-0.4, -0.2) is 19.9 Å². The Labute approximate surface area is 92.4 Å². The third kappa shape index (κ3) is 1.81. The van der Waals surface area contributed by atoms with Crippen LogP contribution >= 0.6 is 0 Å². The van der Waals surface area contributed by atoms with Crippen molar-refractivity contribution < 1.29 is 9.50 Å². The van der Waals surface area contributed by atoms with Gasteiger partial charge in [0.25, 0.3) is 0 Å². The van der Waals surface area contributed by atoms with Gasteiger partial charge in [-0.2, -0.15) is 5.10 Å². The van der Waals surface area contributed by atoms with E-state index in [1.807, 2.05) is 0 Å². The van der Waals surface area contributed by atoms with Crippen LogP contribution < -0.4 is 0 Å². The predicted molar refractivity (Wildman–Crippen MR) is 56.7 cm³/mol. The largest absolute Gasteiger partial charge is 0.389 e. The van der Waals surface area contributed by atoms with Gasteiger partial charge in [-0.3, -0.25) is 0 Å². The Morgan fingerprint density at radius 3 is 2.75 bits per heavy atom. The van der Waals surface area contributed by atoms with Gasteiger partial charge in [0, 0.05) is 5.56 Å². The first-order valence-corrected chi connectivity index (χ1v) is 4.92.